The van der Waals surface area contributed by atoms with Crippen molar-refractivity contribution in [1.82, 2.24) is 10.7 Å². The van der Waals surface area contributed by atoms with Crippen molar-refractivity contribution in [2.75, 3.05) is 25.1 Å². The van der Waals surface area contributed by atoms with Gasteiger partial charge in [0.05, 0.1) is 28.6 Å². The lowest BCUT2D eigenvalue weighted by molar-refractivity contribution is -0.139. The first kappa shape index (κ1) is 25.0. The van der Waals surface area contributed by atoms with Gasteiger partial charge in [0.2, 0.25) is 0 Å². The van der Waals surface area contributed by atoms with Crippen LogP contribution in [0.4, 0.5) is 5.69 Å². The molecule has 0 heterocycles. The first-order valence-corrected chi connectivity index (χ1v) is 10.4. The molecule has 3 N–H and O–H groups in total. The Morgan fingerprint density at radius 2 is 1.81 bits per heavy atom. The summed E-state index contributed by atoms with van der Waals surface area (Å²) in [6.07, 6.45) is 1.34. The summed E-state index contributed by atoms with van der Waals surface area (Å²) >= 11 is 12.0. The molecule has 0 spiro atoms. The number of carbonyl (C=O) groups excluding carboxylic acids is 3. The van der Waals surface area contributed by atoms with Gasteiger partial charge in [-0.3, -0.25) is 14.4 Å². The molecule has 2 rings (SSSR count). The zero-order chi connectivity index (χ0) is 23.5. The van der Waals surface area contributed by atoms with Gasteiger partial charge in [-0.05, 0) is 49.7 Å². The van der Waals surface area contributed by atoms with Crippen LogP contribution in [-0.4, -0.2) is 43.7 Å². The van der Waals surface area contributed by atoms with Crippen LogP contribution in [0.15, 0.2) is 41.5 Å². The van der Waals surface area contributed by atoms with Gasteiger partial charge >= 0.3 is 11.8 Å². The van der Waals surface area contributed by atoms with Gasteiger partial charge in [-0.25, -0.2) is 5.43 Å². The molecule has 3 amide bonds. The van der Waals surface area contributed by atoms with Gasteiger partial charge < -0.3 is 20.1 Å². The molecule has 0 saturated carbocycles. The highest BCUT2D eigenvalue weighted by molar-refractivity contribution is 6.44. The highest BCUT2D eigenvalue weighted by atomic mass is 35.5. The van der Waals surface area contributed by atoms with Crippen molar-refractivity contribution in [1.29, 1.82) is 0 Å². The molecule has 9 nitrogen and oxygen atoms in total. The third kappa shape index (κ3) is 7.44. The molecule has 0 atom stereocenters. The Morgan fingerprint density at radius 1 is 1.03 bits per heavy atom. The lowest BCUT2D eigenvalue weighted by Gasteiger charge is -2.13. The van der Waals surface area contributed by atoms with Crippen LogP contribution in [-0.2, 0) is 14.4 Å². The second-order valence-electron chi connectivity index (χ2n) is 6.14. The Bertz CT molecular complexity index is 1010. The summed E-state index contributed by atoms with van der Waals surface area (Å²) in [5.74, 6) is -1.38. The number of benzene rings is 2. The van der Waals surface area contributed by atoms with Gasteiger partial charge in [0, 0.05) is 6.54 Å². The Labute approximate surface area is 195 Å². The van der Waals surface area contributed by atoms with E-state index in [-0.39, 0.29) is 11.6 Å². The number of hydrogen-bond donors (Lipinski definition) is 3. The van der Waals surface area contributed by atoms with Gasteiger partial charge in [0.25, 0.3) is 5.91 Å². The van der Waals surface area contributed by atoms with Crippen LogP contribution in [0.1, 0.15) is 19.4 Å². The second kappa shape index (κ2) is 12.5. The normalized spacial score (nSPS) is 10.5. The molecule has 170 valence electrons. The van der Waals surface area contributed by atoms with Crippen LogP contribution in [0, 0.1) is 0 Å². The fourth-order valence-electron chi connectivity index (χ4n) is 2.38. The number of nitrogens with zero attached hydrogens (tertiary/aromatic N) is 1. The van der Waals surface area contributed by atoms with Crippen molar-refractivity contribution < 1.29 is 23.9 Å². The second-order valence-corrected chi connectivity index (χ2v) is 6.92. The molecule has 0 aliphatic rings. The highest BCUT2D eigenvalue weighted by Gasteiger charge is 2.12. The van der Waals surface area contributed by atoms with E-state index in [9.17, 15) is 14.4 Å². The van der Waals surface area contributed by atoms with E-state index >= 15 is 0 Å². The number of halogens is 2. The van der Waals surface area contributed by atoms with E-state index in [1.54, 1.807) is 50.2 Å². The summed E-state index contributed by atoms with van der Waals surface area (Å²) < 4.78 is 11.1. The molecule has 0 aliphatic heterocycles. The van der Waals surface area contributed by atoms with Crippen molar-refractivity contribution in [2.24, 2.45) is 5.10 Å². The number of rotatable bonds is 9. The largest absolute Gasteiger partial charge is 0.490 e. The van der Waals surface area contributed by atoms with Crippen molar-refractivity contribution >= 4 is 52.8 Å². The first-order chi connectivity index (χ1) is 15.3. The molecule has 0 radical (unpaired) electrons. The Kier molecular flexibility index (Phi) is 9.77. The minimum Gasteiger partial charge on any atom is -0.490 e. The zero-order valence-electron chi connectivity index (χ0n) is 17.4. The smallest absolute Gasteiger partial charge is 0.329 e. The van der Waals surface area contributed by atoms with Crippen molar-refractivity contribution in [3.8, 4) is 11.5 Å². The SMILES string of the molecule is CCNC(=O)C(=O)N/N=C\c1ccc(OCC(=O)Nc2cccc(Cl)c2Cl)c(OCC)c1. The van der Waals surface area contributed by atoms with Gasteiger partial charge in [-0.15, -0.1) is 0 Å². The van der Waals surface area contributed by atoms with E-state index in [1.165, 1.54) is 6.21 Å². The fraction of sp³-hybridized carbons (Fsp3) is 0.238. The number of likely N-dealkylation sites (N-methyl/N-ethyl adjacent to an activating group) is 1. The molecule has 0 saturated heterocycles. The van der Waals surface area contributed by atoms with E-state index in [2.05, 4.69) is 21.2 Å². The molecular formula is C21H22Cl2N4O5. The first-order valence-electron chi connectivity index (χ1n) is 9.60. The summed E-state index contributed by atoms with van der Waals surface area (Å²) in [6.45, 7) is 3.89. The minimum atomic E-state index is -0.876. The fourth-order valence-corrected chi connectivity index (χ4v) is 2.73. The molecule has 2 aromatic rings. The van der Waals surface area contributed by atoms with E-state index in [0.717, 1.165) is 0 Å². The van der Waals surface area contributed by atoms with Crippen LogP contribution in [0.5, 0.6) is 11.5 Å². The van der Waals surface area contributed by atoms with Gasteiger partial charge in [-0.2, -0.15) is 5.10 Å². The molecule has 0 unspecified atom stereocenters. The maximum absolute atomic E-state index is 12.2. The summed E-state index contributed by atoms with van der Waals surface area (Å²) in [7, 11) is 0. The molecule has 32 heavy (non-hydrogen) atoms. The summed E-state index contributed by atoms with van der Waals surface area (Å²) in [6, 6.07) is 9.75. The third-order valence-electron chi connectivity index (χ3n) is 3.78. The van der Waals surface area contributed by atoms with Gasteiger partial charge in [0.1, 0.15) is 0 Å². The number of ether oxygens (including phenoxy) is 2. The number of hydrogen-bond acceptors (Lipinski definition) is 6. The predicted octanol–water partition coefficient (Wildman–Crippen LogP) is 3.00. The summed E-state index contributed by atoms with van der Waals surface area (Å²) in [5.41, 5.74) is 3.08. The van der Waals surface area contributed by atoms with Crippen molar-refractivity contribution in [3.05, 3.63) is 52.0 Å². The lowest BCUT2D eigenvalue weighted by Crippen LogP contribution is -2.37. The third-order valence-corrected chi connectivity index (χ3v) is 4.59. The summed E-state index contributed by atoms with van der Waals surface area (Å²) in [5, 5.41) is 9.29. The maximum Gasteiger partial charge on any atom is 0.329 e. The molecule has 0 bridgehead atoms. The number of anilines is 1. The monoisotopic (exact) mass is 480 g/mol. The maximum atomic E-state index is 12.2. The topological polar surface area (TPSA) is 118 Å². The molecular weight excluding hydrogens is 459 g/mol. The Hall–Kier alpha value is -3.30. The minimum absolute atomic E-state index is 0.237. The standard InChI is InChI=1S/C21H22Cl2N4O5/c1-3-24-20(29)21(30)27-25-11-13-8-9-16(17(10-13)31-4-2)32-12-18(28)26-15-7-5-6-14(22)19(15)23/h5-11H,3-4,12H2,1-2H3,(H,24,29)(H,26,28)(H,27,30)/b25-11-. The van der Waals surface area contributed by atoms with E-state index in [1.807, 2.05) is 0 Å². The molecule has 0 fully saturated rings. The van der Waals surface area contributed by atoms with Crippen LogP contribution >= 0.6 is 23.2 Å². The zero-order valence-corrected chi connectivity index (χ0v) is 18.9. The van der Waals surface area contributed by atoms with Crippen molar-refractivity contribution in [2.45, 2.75) is 13.8 Å². The molecule has 0 aliphatic carbocycles. The van der Waals surface area contributed by atoms with E-state index in [4.69, 9.17) is 32.7 Å². The Balaban J connectivity index is 2.00. The van der Waals surface area contributed by atoms with Crippen LogP contribution < -0.4 is 25.5 Å². The van der Waals surface area contributed by atoms with Crippen LogP contribution in [0.2, 0.25) is 10.0 Å². The lowest BCUT2D eigenvalue weighted by atomic mass is 10.2. The average molecular weight is 481 g/mol. The number of amides is 3. The number of carbonyl (C=O) groups is 3. The van der Waals surface area contributed by atoms with Crippen molar-refractivity contribution in [3.63, 3.8) is 0 Å². The molecule has 11 heteroatoms. The van der Waals surface area contributed by atoms with Crippen LogP contribution in [0.3, 0.4) is 0 Å². The van der Waals surface area contributed by atoms with Crippen LogP contribution in [0.25, 0.3) is 0 Å². The number of nitrogens with one attached hydrogen (secondary N) is 3. The van der Waals surface area contributed by atoms with E-state index in [0.29, 0.717) is 40.9 Å². The number of hydrazone groups is 1. The highest BCUT2D eigenvalue weighted by Crippen LogP contribution is 2.30. The van der Waals surface area contributed by atoms with E-state index < -0.39 is 17.7 Å². The average Bonchev–Trinajstić information content (AvgIpc) is 2.76. The predicted molar refractivity (Wildman–Crippen MR) is 123 cm³/mol. The molecule has 0 aromatic heterocycles. The van der Waals surface area contributed by atoms with Gasteiger partial charge in [-0.1, -0.05) is 29.3 Å². The molecule has 2 aromatic carbocycles. The Morgan fingerprint density at radius 3 is 2.53 bits per heavy atom. The summed E-state index contributed by atoms with van der Waals surface area (Å²) in [4.78, 5) is 35.1. The quantitative estimate of drug-likeness (QED) is 0.289. The van der Waals surface area contributed by atoms with Gasteiger partial charge in [0.15, 0.2) is 18.1 Å².